The van der Waals surface area contributed by atoms with Crippen LogP contribution in [0, 0.1) is 5.92 Å². The number of aromatic nitrogens is 2. The van der Waals surface area contributed by atoms with Crippen LogP contribution >= 0.6 is 0 Å². The fourth-order valence-electron chi connectivity index (χ4n) is 4.46. The molecule has 1 aromatic heterocycles. The largest absolute Gasteiger partial charge is 0.378 e. The molecule has 0 saturated carbocycles. The summed E-state index contributed by atoms with van der Waals surface area (Å²) in [6, 6.07) is 4.96. The number of hydrogen-bond donors (Lipinski definition) is 1. The second kappa shape index (κ2) is 9.79. The fraction of sp³-hybridized carbons (Fsp3) is 0.400. The summed E-state index contributed by atoms with van der Waals surface area (Å²) in [5.41, 5.74) is 2.40. The zero-order valence-electron chi connectivity index (χ0n) is 20.4. The lowest BCUT2D eigenvalue weighted by atomic mass is 10.0. The maximum Gasteiger partial charge on any atom is 0.274 e. The molecule has 35 heavy (non-hydrogen) atoms. The summed E-state index contributed by atoms with van der Waals surface area (Å²) in [7, 11) is -3.87. The summed E-state index contributed by atoms with van der Waals surface area (Å²) in [4.78, 5) is 27.0. The first-order valence-corrected chi connectivity index (χ1v) is 13.3. The average molecular weight is 499 g/mol. The minimum absolute atomic E-state index is 0.0404. The first kappa shape index (κ1) is 24.9. The van der Waals surface area contributed by atoms with E-state index in [1.807, 2.05) is 39.0 Å². The SMILES string of the molecule is CC=C/C(=C\C(C)C)n1nc(C(=O)N2CCOCC2)c2c1-c1cccc(NC(C)=O)c1S(=O)(=O)C2. The number of ether oxygens (including phenoxy) is 1. The molecule has 0 bridgehead atoms. The number of amides is 2. The van der Waals surface area contributed by atoms with Gasteiger partial charge in [-0.1, -0.05) is 38.1 Å². The molecule has 1 aromatic carbocycles. The van der Waals surface area contributed by atoms with Crippen molar-refractivity contribution < 1.29 is 22.7 Å². The van der Waals surface area contributed by atoms with E-state index in [1.165, 1.54) is 6.92 Å². The number of nitrogens with zero attached hydrogens (tertiary/aromatic N) is 3. The van der Waals surface area contributed by atoms with Crippen molar-refractivity contribution in [2.24, 2.45) is 5.92 Å². The van der Waals surface area contributed by atoms with Gasteiger partial charge in [-0.15, -0.1) is 0 Å². The highest BCUT2D eigenvalue weighted by molar-refractivity contribution is 7.91. The molecule has 3 heterocycles. The lowest BCUT2D eigenvalue weighted by Gasteiger charge is -2.27. The maximum atomic E-state index is 13.5. The van der Waals surface area contributed by atoms with Crippen LogP contribution < -0.4 is 5.32 Å². The van der Waals surface area contributed by atoms with E-state index < -0.39 is 9.84 Å². The van der Waals surface area contributed by atoms with E-state index in [2.05, 4.69) is 5.32 Å². The van der Waals surface area contributed by atoms with Crippen LogP contribution in [-0.2, 0) is 25.1 Å². The number of carbonyl (C=O) groups is 2. The van der Waals surface area contributed by atoms with Gasteiger partial charge in [0.25, 0.3) is 5.91 Å². The third-order valence-corrected chi connectivity index (χ3v) is 7.53. The Balaban J connectivity index is 2.02. The lowest BCUT2D eigenvalue weighted by molar-refractivity contribution is -0.114. The van der Waals surface area contributed by atoms with E-state index in [0.717, 1.165) is 5.70 Å². The molecule has 10 heteroatoms. The highest BCUT2D eigenvalue weighted by Crippen LogP contribution is 2.44. The van der Waals surface area contributed by atoms with Crippen LogP contribution in [0.15, 0.2) is 41.3 Å². The van der Waals surface area contributed by atoms with Gasteiger partial charge in [-0.05, 0) is 25.0 Å². The van der Waals surface area contributed by atoms with Crippen LogP contribution in [0.5, 0.6) is 0 Å². The molecule has 4 rings (SSSR count). The molecule has 186 valence electrons. The quantitative estimate of drug-likeness (QED) is 0.633. The summed E-state index contributed by atoms with van der Waals surface area (Å²) in [5.74, 6) is -0.894. The maximum absolute atomic E-state index is 13.5. The predicted molar refractivity (Wildman–Crippen MR) is 134 cm³/mol. The number of benzene rings is 1. The Morgan fingerprint density at radius 1 is 1.20 bits per heavy atom. The molecule has 0 spiro atoms. The Hall–Kier alpha value is -3.24. The summed E-state index contributed by atoms with van der Waals surface area (Å²) in [6.45, 7) is 8.97. The summed E-state index contributed by atoms with van der Waals surface area (Å²) >= 11 is 0. The van der Waals surface area contributed by atoms with Crippen molar-refractivity contribution in [2.75, 3.05) is 31.6 Å². The second-order valence-corrected chi connectivity index (χ2v) is 10.9. The number of hydrogen-bond acceptors (Lipinski definition) is 6. The molecule has 2 amide bonds. The van der Waals surface area contributed by atoms with Gasteiger partial charge in [0.15, 0.2) is 15.5 Å². The second-order valence-electron chi connectivity index (χ2n) is 8.95. The van der Waals surface area contributed by atoms with Crippen LogP contribution in [0.3, 0.4) is 0 Å². The summed E-state index contributed by atoms with van der Waals surface area (Å²) in [6.07, 6.45) is 5.77. The van der Waals surface area contributed by atoms with E-state index in [-0.39, 0.29) is 39.8 Å². The molecule has 2 aromatic rings. The van der Waals surface area contributed by atoms with Crippen LogP contribution in [0.2, 0.25) is 0 Å². The summed E-state index contributed by atoms with van der Waals surface area (Å²) in [5, 5.41) is 7.35. The first-order chi connectivity index (χ1) is 16.6. The lowest BCUT2D eigenvalue weighted by Crippen LogP contribution is -2.41. The van der Waals surface area contributed by atoms with Crippen LogP contribution in [0.25, 0.3) is 17.0 Å². The molecule has 1 saturated heterocycles. The van der Waals surface area contributed by atoms with E-state index in [0.29, 0.717) is 43.1 Å². The van der Waals surface area contributed by atoms with Gasteiger partial charge in [0, 0.05) is 31.1 Å². The van der Waals surface area contributed by atoms with Gasteiger partial charge < -0.3 is 15.0 Å². The zero-order valence-corrected chi connectivity index (χ0v) is 21.2. The molecule has 0 unspecified atom stereocenters. The van der Waals surface area contributed by atoms with Gasteiger partial charge >= 0.3 is 0 Å². The Labute approximate surface area is 205 Å². The molecule has 0 aliphatic carbocycles. The van der Waals surface area contributed by atoms with E-state index in [4.69, 9.17) is 9.84 Å². The minimum atomic E-state index is -3.87. The van der Waals surface area contributed by atoms with Gasteiger partial charge in [0.1, 0.15) is 4.90 Å². The molecule has 1 N–H and O–H groups in total. The van der Waals surface area contributed by atoms with Crippen LogP contribution in [-0.4, -0.2) is 61.2 Å². The smallest absolute Gasteiger partial charge is 0.274 e. The summed E-state index contributed by atoms with van der Waals surface area (Å²) < 4.78 is 34.1. The van der Waals surface area contributed by atoms with Crippen molar-refractivity contribution in [3.8, 4) is 11.3 Å². The number of rotatable bonds is 5. The van der Waals surface area contributed by atoms with Crippen molar-refractivity contribution in [3.05, 3.63) is 47.7 Å². The Kier molecular flexibility index (Phi) is 6.95. The number of nitrogens with one attached hydrogen (secondary N) is 1. The number of fused-ring (bicyclic) bond motifs is 3. The van der Waals surface area contributed by atoms with Crippen molar-refractivity contribution >= 4 is 33.0 Å². The monoisotopic (exact) mass is 498 g/mol. The number of sulfone groups is 1. The average Bonchev–Trinajstić information content (AvgIpc) is 3.16. The number of anilines is 1. The Morgan fingerprint density at radius 3 is 2.54 bits per heavy atom. The third kappa shape index (κ3) is 4.81. The first-order valence-electron chi connectivity index (χ1n) is 11.6. The molecular weight excluding hydrogens is 468 g/mol. The van der Waals surface area contributed by atoms with Crippen molar-refractivity contribution in [1.29, 1.82) is 0 Å². The minimum Gasteiger partial charge on any atom is -0.378 e. The van der Waals surface area contributed by atoms with Gasteiger partial charge in [0.05, 0.1) is 36.0 Å². The van der Waals surface area contributed by atoms with E-state index >= 15 is 0 Å². The van der Waals surface area contributed by atoms with Gasteiger partial charge in [-0.2, -0.15) is 5.10 Å². The van der Waals surface area contributed by atoms with Gasteiger partial charge in [-0.3, -0.25) is 9.59 Å². The van der Waals surface area contributed by atoms with Crippen molar-refractivity contribution in [3.63, 3.8) is 0 Å². The molecule has 9 nitrogen and oxygen atoms in total. The van der Waals surface area contributed by atoms with Crippen LogP contribution in [0.1, 0.15) is 43.7 Å². The number of allylic oxidation sites excluding steroid dienone is 4. The van der Waals surface area contributed by atoms with E-state index in [9.17, 15) is 18.0 Å². The molecule has 1 fully saturated rings. The Morgan fingerprint density at radius 2 is 1.91 bits per heavy atom. The van der Waals surface area contributed by atoms with Gasteiger partial charge in [-0.25, -0.2) is 13.1 Å². The molecular formula is C25H30N4O5S. The molecule has 0 radical (unpaired) electrons. The predicted octanol–water partition coefficient (Wildman–Crippen LogP) is 3.34. The van der Waals surface area contributed by atoms with Crippen molar-refractivity contribution in [2.45, 2.75) is 38.3 Å². The van der Waals surface area contributed by atoms with Crippen LogP contribution in [0.4, 0.5) is 5.69 Å². The normalized spacial score (nSPS) is 17.4. The topological polar surface area (TPSA) is 111 Å². The van der Waals surface area contributed by atoms with Crippen molar-refractivity contribution in [1.82, 2.24) is 14.7 Å². The molecule has 0 atom stereocenters. The standard InChI is InChI=1S/C25H30N4O5S/c1-5-7-18(14-16(2)3)29-23-19-8-6-9-21(26-17(4)30)24(19)35(32,33)15-20(23)22(27-29)25(31)28-10-12-34-13-11-28/h5-9,14,16H,10-13,15H2,1-4H3,(H,26,30)/b7-5?,18-14+. The highest BCUT2D eigenvalue weighted by Gasteiger charge is 2.39. The third-order valence-electron chi connectivity index (χ3n) is 5.80. The van der Waals surface area contributed by atoms with E-state index in [1.54, 1.807) is 27.8 Å². The fourth-order valence-corrected chi connectivity index (χ4v) is 6.21. The molecule has 2 aliphatic heterocycles. The number of morpholine rings is 1. The Bertz CT molecular complexity index is 1330. The van der Waals surface area contributed by atoms with Gasteiger partial charge in [0.2, 0.25) is 5.91 Å². The highest BCUT2D eigenvalue weighted by atomic mass is 32.2. The number of carbonyl (C=O) groups excluding carboxylic acids is 2. The molecule has 2 aliphatic rings. The zero-order chi connectivity index (χ0) is 25.3.